The molecule has 3 rings (SSSR count). The maximum Gasteiger partial charge on any atom is 0.410 e. The third-order valence-electron chi connectivity index (χ3n) is 6.90. The van der Waals surface area contributed by atoms with Gasteiger partial charge in [0.05, 0.1) is 0 Å². The summed E-state index contributed by atoms with van der Waals surface area (Å²) in [5, 5.41) is 0. The molecule has 1 unspecified atom stereocenters. The van der Waals surface area contributed by atoms with E-state index in [-0.39, 0.29) is 29.4 Å². The molecule has 0 radical (unpaired) electrons. The Hall–Kier alpha value is -1.74. The quantitative estimate of drug-likeness (QED) is 0.494. The maximum absolute atomic E-state index is 13.1. The number of ether oxygens (including phenoxy) is 1. The molecule has 0 N–H and O–H groups in total. The normalized spacial score (nSPS) is 25.6. The molecule has 0 aromatic rings. The summed E-state index contributed by atoms with van der Waals surface area (Å²) in [4.78, 5) is 29.0. The summed E-state index contributed by atoms with van der Waals surface area (Å²) in [6, 6.07) is -0.0691. The van der Waals surface area contributed by atoms with Crippen LogP contribution in [0.4, 0.5) is 4.79 Å². The first-order valence-electron chi connectivity index (χ1n) is 10.6. The van der Waals surface area contributed by atoms with Crippen molar-refractivity contribution < 1.29 is 22.7 Å². The first-order valence-corrected chi connectivity index (χ1v) is 12.2. The van der Waals surface area contributed by atoms with Crippen LogP contribution < -0.4 is 0 Å². The fourth-order valence-corrected chi connectivity index (χ4v) is 5.56. The van der Waals surface area contributed by atoms with Crippen molar-refractivity contribution in [2.24, 2.45) is 11.3 Å². The Balaban J connectivity index is 1.49. The maximum atomic E-state index is 13.1. The van der Waals surface area contributed by atoms with Crippen molar-refractivity contribution in [2.75, 3.05) is 32.7 Å². The SMILES string of the molecule is C=CC(C)(C)OC(=O)N1CCN(C(=O)C2CC3(CCN(S([CH2+])(=O)=O)CC3)C2)C(C)C1. The lowest BCUT2D eigenvalue weighted by atomic mass is 9.57. The van der Waals surface area contributed by atoms with E-state index in [0.29, 0.717) is 32.7 Å². The average Bonchev–Trinajstić information content (AvgIpc) is 2.64. The van der Waals surface area contributed by atoms with Gasteiger partial charge in [-0.15, -0.1) is 0 Å². The van der Waals surface area contributed by atoms with Crippen molar-refractivity contribution in [3.8, 4) is 0 Å². The molecule has 8 nitrogen and oxygen atoms in total. The molecule has 1 saturated carbocycles. The Morgan fingerprint density at radius 3 is 2.27 bits per heavy atom. The molecule has 1 aliphatic carbocycles. The molecule has 0 aromatic heterocycles. The van der Waals surface area contributed by atoms with Gasteiger partial charge in [0.1, 0.15) is 5.60 Å². The summed E-state index contributed by atoms with van der Waals surface area (Å²) < 4.78 is 30.1. The van der Waals surface area contributed by atoms with Crippen LogP contribution in [-0.2, 0) is 19.6 Å². The van der Waals surface area contributed by atoms with E-state index in [2.05, 4.69) is 12.8 Å². The Labute approximate surface area is 180 Å². The second-order valence-electron chi connectivity index (χ2n) is 9.62. The number of amides is 2. The number of carbonyl (C=O) groups is 2. The highest BCUT2D eigenvalue weighted by Crippen LogP contribution is 2.53. The van der Waals surface area contributed by atoms with Gasteiger partial charge in [0.2, 0.25) is 12.2 Å². The molecule has 9 heteroatoms. The van der Waals surface area contributed by atoms with Gasteiger partial charge in [0.25, 0.3) is 0 Å². The number of hydrogen-bond acceptors (Lipinski definition) is 5. The van der Waals surface area contributed by atoms with Crippen molar-refractivity contribution in [3.05, 3.63) is 18.9 Å². The van der Waals surface area contributed by atoms with Crippen LogP contribution in [0.3, 0.4) is 0 Å². The zero-order valence-corrected chi connectivity index (χ0v) is 19.1. The van der Waals surface area contributed by atoms with Crippen LogP contribution in [0.2, 0.25) is 0 Å². The van der Waals surface area contributed by atoms with Gasteiger partial charge in [-0.3, -0.25) is 4.79 Å². The van der Waals surface area contributed by atoms with Gasteiger partial charge in [-0.2, -0.15) is 12.7 Å². The lowest BCUT2D eigenvalue weighted by molar-refractivity contribution is -0.149. The number of rotatable bonds is 4. The molecule has 1 atom stereocenters. The standard InChI is InChI=1S/C21H34N3O5S/c1-6-20(3,4)29-19(26)22-11-12-24(16(2)15-22)18(25)17-13-21(14-17)7-9-23(10-8-21)30(5,27)28/h6,16-17H,1,5,7-15H2,2-4H3/q+1. The summed E-state index contributed by atoms with van der Waals surface area (Å²) in [5.74, 6) is 0.147. The highest BCUT2D eigenvalue weighted by molar-refractivity contribution is 7.90. The van der Waals surface area contributed by atoms with Crippen molar-refractivity contribution in [3.63, 3.8) is 0 Å². The van der Waals surface area contributed by atoms with Gasteiger partial charge >= 0.3 is 16.1 Å². The first kappa shape index (κ1) is 22.9. The first-order chi connectivity index (χ1) is 13.9. The zero-order valence-electron chi connectivity index (χ0n) is 18.3. The minimum absolute atomic E-state index is 0.00596. The summed E-state index contributed by atoms with van der Waals surface area (Å²) in [6.45, 7) is 11.6. The van der Waals surface area contributed by atoms with E-state index in [4.69, 9.17) is 4.74 Å². The second-order valence-corrected chi connectivity index (χ2v) is 11.3. The van der Waals surface area contributed by atoms with Gasteiger partial charge in [0.15, 0.2) is 0 Å². The molecule has 1 spiro atoms. The second kappa shape index (κ2) is 8.07. The van der Waals surface area contributed by atoms with Gasteiger partial charge in [-0.1, -0.05) is 6.58 Å². The van der Waals surface area contributed by atoms with Crippen LogP contribution >= 0.6 is 0 Å². The van der Waals surface area contributed by atoms with E-state index in [0.717, 1.165) is 25.7 Å². The van der Waals surface area contributed by atoms with E-state index in [1.54, 1.807) is 24.8 Å². The van der Waals surface area contributed by atoms with Crippen molar-refractivity contribution >= 4 is 22.0 Å². The third kappa shape index (κ3) is 4.77. The van der Waals surface area contributed by atoms with Gasteiger partial charge in [-0.05, 0) is 57.9 Å². The van der Waals surface area contributed by atoms with Gasteiger partial charge in [0, 0.05) is 44.7 Å². The summed E-state index contributed by atoms with van der Waals surface area (Å²) >= 11 is 0. The summed E-state index contributed by atoms with van der Waals surface area (Å²) in [7, 11) is -3.38. The van der Waals surface area contributed by atoms with E-state index >= 15 is 0 Å². The van der Waals surface area contributed by atoms with Crippen LogP contribution in [0.15, 0.2) is 12.7 Å². The monoisotopic (exact) mass is 440 g/mol. The summed E-state index contributed by atoms with van der Waals surface area (Å²) in [6.07, 6.45) is 7.67. The number of nitrogens with zero attached hydrogens (tertiary/aromatic N) is 3. The van der Waals surface area contributed by atoms with Gasteiger partial charge in [-0.25, -0.2) is 4.79 Å². The van der Waals surface area contributed by atoms with Crippen LogP contribution in [0, 0.1) is 17.6 Å². The molecule has 0 bridgehead atoms. The molecule has 30 heavy (non-hydrogen) atoms. The van der Waals surface area contributed by atoms with Crippen molar-refractivity contribution in [2.45, 2.75) is 58.1 Å². The van der Waals surface area contributed by atoms with Crippen molar-refractivity contribution in [1.82, 2.24) is 14.1 Å². The molecule has 2 saturated heterocycles. The number of hydrogen-bond donors (Lipinski definition) is 0. The number of sulfonamides is 1. The highest BCUT2D eigenvalue weighted by Gasteiger charge is 2.51. The third-order valence-corrected chi connectivity index (χ3v) is 8.05. The van der Waals surface area contributed by atoms with Crippen molar-refractivity contribution in [1.29, 1.82) is 0 Å². The topological polar surface area (TPSA) is 87.2 Å². The van der Waals surface area contributed by atoms with Gasteiger partial charge < -0.3 is 14.5 Å². The van der Waals surface area contributed by atoms with Crippen LogP contribution in [0.1, 0.15) is 46.5 Å². The molecule has 0 aromatic carbocycles. The molecule has 2 aliphatic heterocycles. The fraction of sp³-hybridized carbons (Fsp3) is 0.762. The largest absolute Gasteiger partial charge is 0.439 e. The number of piperazine rings is 1. The van der Waals surface area contributed by atoms with E-state index in [1.165, 1.54) is 4.31 Å². The minimum atomic E-state index is -3.38. The Kier molecular flexibility index (Phi) is 6.17. The lowest BCUT2D eigenvalue weighted by Crippen LogP contribution is -2.59. The average molecular weight is 441 g/mol. The van der Waals surface area contributed by atoms with Crippen LogP contribution in [0.25, 0.3) is 0 Å². The molecule has 3 aliphatic rings. The zero-order chi connectivity index (χ0) is 22.3. The lowest BCUT2D eigenvalue weighted by Gasteiger charge is -2.52. The minimum Gasteiger partial charge on any atom is -0.439 e. The molecule has 168 valence electrons. The van der Waals surface area contributed by atoms with Crippen LogP contribution in [0.5, 0.6) is 0 Å². The smallest absolute Gasteiger partial charge is 0.410 e. The predicted octanol–water partition coefficient (Wildman–Crippen LogP) is 2.23. The van der Waals surface area contributed by atoms with Crippen LogP contribution in [-0.4, -0.2) is 78.9 Å². The molecule has 3 fully saturated rings. The molecular formula is C21H34N3O5S+. The van der Waals surface area contributed by atoms with E-state index in [1.807, 2.05) is 11.8 Å². The number of carbonyl (C=O) groups excluding carboxylic acids is 2. The van der Waals surface area contributed by atoms with E-state index < -0.39 is 15.6 Å². The Morgan fingerprint density at radius 2 is 1.77 bits per heavy atom. The highest BCUT2D eigenvalue weighted by atomic mass is 32.2. The molecule has 2 heterocycles. The fourth-order valence-electron chi connectivity index (χ4n) is 4.82. The Morgan fingerprint density at radius 1 is 1.17 bits per heavy atom. The summed E-state index contributed by atoms with van der Waals surface area (Å²) in [5.41, 5.74) is -0.636. The van der Waals surface area contributed by atoms with E-state index in [9.17, 15) is 18.0 Å². The Bertz CT molecular complexity index is 793. The predicted molar refractivity (Wildman–Crippen MR) is 114 cm³/mol. The molecule has 2 amide bonds. The number of piperidine rings is 1. The molecular weight excluding hydrogens is 406 g/mol.